The SMILES string of the molecule is CCCCCCCCCCCCCCCCCCn1cc(CCCc2ccccc2)nc1CCCCCCCCCCCCCCCCC. The van der Waals surface area contributed by atoms with E-state index < -0.39 is 0 Å². The molecule has 0 radical (unpaired) electrons. The average Bonchev–Trinajstić information content (AvgIpc) is 3.51. The van der Waals surface area contributed by atoms with Gasteiger partial charge in [-0.3, -0.25) is 0 Å². The number of nitrogens with zero attached hydrogens (tertiary/aromatic N) is 2. The van der Waals surface area contributed by atoms with Crippen molar-refractivity contribution in [2.24, 2.45) is 0 Å². The molecule has 49 heavy (non-hydrogen) atoms. The van der Waals surface area contributed by atoms with Crippen molar-refractivity contribution in [2.45, 2.75) is 245 Å². The highest BCUT2D eigenvalue weighted by Gasteiger charge is 2.09. The minimum atomic E-state index is 1.10. The zero-order valence-electron chi connectivity index (χ0n) is 33.3. The monoisotopic (exact) mass is 677 g/mol. The highest BCUT2D eigenvalue weighted by Crippen LogP contribution is 2.18. The topological polar surface area (TPSA) is 17.8 Å². The van der Waals surface area contributed by atoms with Crippen molar-refractivity contribution >= 4 is 0 Å². The number of imidazole rings is 1. The van der Waals surface area contributed by atoms with Crippen LogP contribution in [0.25, 0.3) is 0 Å². The summed E-state index contributed by atoms with van der Waals surface area (Å²) in [5.41, 5.74) is 2.77. The summed E-state index contributed by atoms with van der Waals surface area (Å²) in [7, 11) is 0. The van der Waals surface area contributed by atoms with Crippen molar-refractivity contribution in [3.63, 3.8) is 0 Å². The third kappa shape index (κ3) is 26.0. The van der Waals surface area contributed by atoms with Crippen LogP contribution in [-0.4, -0.2) is 9.55 Å². The fourth-order valence-corrected chi connectivity index (χ4v) is 7.63. The molecular formula is C47H84N2. The predicted octanol–water partition coefficient (Wildman–Crippen LogP) is 15.7. The number of aryl methyl sites for hydroxylation is 4. The molecule has 0 N–H and O–H groups in total. The van der Waals surface area contributed by atoms with Crippen LogP contribution >= 0.6 is 0 Å². The van der Waals surface area contributed by atoms with Gasteiger partial charge in [-0.2, -0.15) is 0 Å². The van der Waals surface area contributed by atoms with Crippen LogP contribution in [0.1, 0.15) is 236 Å². The molecule has 0 saturated heterocycles. The van der Waals surface area contributed by atoms with Crippen LogP contribution in [0.3, 0.4) is 0 Å². The van der Waals surface area contributed by atoms with Gasteiger partial charge in [0.05, 0.1) is 5.69 Å². The lowest BCUT2D eigenvalue weighted by atomic mass is 10.0. The summed E-state index contributed by atoms with van der Waals surface area (Å²) in [5.74, 6) is 1.37. The normalized spacial score (nSPS) is 11.6. The number of unbranched alkanes of at least 4 members (excludes halogenated alkanes) is 29. The standard InChI is InChI=1S/C47H84N2/c1-3-5-7-9-11-13-15-17-19-21-23-25-27-29-31-36-43-49-44-46(41-37-40-45-38-33-32-34-39-45)48-47(49)42-35-30-28-26-24-22-20-18-16-14-12-10-8-6-4-2/h32-34,38-39,44H,3-31,35-37,40-43H2,1-2H3. The van der Waals surface area contributed by atoms with Crippen LogP contribution in [0.4, 0.5) is 0 Å². The maximum absolute atomic E-state index is 5.20. The molecule has 0 fully saturated rings. The van der Waals surface area contributed by atoms with Gasteiger partial charge in [0.1, 0.15) is 5.82 Å². The second-order valence-corrected chi connectivity index (χ2v) is 15.7. The Bertz CT molecular complexity index is 931. The zero-order valence-corrected chi connectivity index (χ0v) is 33.3. The fraction of sp³-hybridized carbons (Fsp3) is 0.809. The van der Waals surface area contributed by atoms with Crippen LogP contribution < -0.4 is 0 Å². The van der Waals surface area contributed by atoms with E-state index in [-0.39, 0.29) is 0 Å². The quantitative estimate of drug-likeness (QED) is 0.0651. The Morgan fingerprint density at radius 3 is 1.20 bits per heavy atom. The first-order valence-electron chi connectivity index (χ1n) is 22.4. The molecule has 2 heteroatoms. The molecule has 2 nitrogen and oxygen atoms in total. The van der Waals surface area contributed by atoms with Gasteiger partial charge in [0.15, 0.2) is 0 Å². The summed E-state index contributed by atoms with van der Waals surface area (Å²) < 4.78 is 2.55. The van der Waals surface area contributed by atoms with Gasteiger partial charge in [0, 0.05) is 19.2 Å². The van der Waals surface area contributed by atoms with Gasteiger partial charge in [-0.05, 0) is 37.7 Å². The van der Waals surface area contributed by atoms with E-state index in [2.05, 4.69) is 54.9 Å². The molecule has 0 spiro atoms. The fourth-order valence-electron chi connectivity index (χ4n) is 7.63. The van der Waals surface area contributed by atoms with Crippen molar-refractivity contribution < 1.29 is 0 Å². The number of benzene rings is 1. The minimum Gasteiger partial charge on any atom is -0.335 e. The van der Waals surface area contributed by atoms with E-state index in [0.29, 0.717) is 0 Å². The largest absolute Gasteiger partial charge is 0.335 e. The Morgan fingerprint density at radius 1 is 0.388 bits per heavy atom. The van der Waals surface area contributed by atoms with E-state index >= 15 is 0 Å². The van der Waals surface area contributed by atoms with E-state index in [0.717, 1.165) is 25.8 Å². The Morgan fingerprint density at radius 2 is 0.776 bits per heavy atom. The molecule has 0 saturated carbocycles. The number of rotatable bonds is 37. The van der Waals surface area contributed by atoms with Crippen LogP contribution in [0, 0.1) is 0 Å². The summed E-state index contributed by atoms with van der Waals surface area (Å²) in [6.07, 6.45) is 51.4. The Labute approximate surface area is 307 Å². The zero-order chi connectivity index (χ0) is 34.7. The summed E-state index contributed by atoms with van der Waals surface area (Å²) in [6, 6.07) is 11.0. The molecule has 2 rings (SSSR count). The van der Waals surface area contributed by atoms with Crippen molar-refractivity contribution in [3.05, 3.63) is 53.6 Å². The minimum absolute atomic E-state index is 1.10. The molecule has 0 amide bonds. The lowest BCUT2D eigenvalue weighted by Crippen LogP contribution is -2.03. The van der Waals surface area contributed by atoms with E-state index in [1.165, 1.54) is 223 Å². The van der Waals surface area contributed by atoms with Crippen molar-refractivity contribution in [1.82, 2.24) is 9.55 Å². The van der Waals surface area contributed by atoms with Gasteiger partial charge < -0.3 is 4.57 Å². The predicted molar refractivity (Wildman–Crippen MR) is 219 cm³/mol. The lowest BCUT2D eigenvalue weighted by molar-refractivity contribution is 0.513. The van der Waals surface area contributed by atoms with Crippen molar-refractivity contribution in [2.75, 3.05) is 0 Å². The Balaban J connectivity index is 1.55. The van der Waals surface area contributed by atoms with E-state index in [1.807, 2.05) is 0 Å². The second-order valence-electron chi connectivity index (χ2n) is 15.7. The molecule has 282 valence electrons. The van der Waals surface area contributed by atoms with Crippen LogP contribution in [-0.2, 0) is 25.8 Å². The smallest absolute Gasteiger partial charge is 0.108 e. The molecule has 1 heterocycles. The van der Waals surface area contributed by atoms with Gasteiger partial charge in [0.25, 0.3) is 0 Å². The maximum Gasteiger partial charge on any atom is 0.108 e. The van der Waals surface area contributed by atoms with Gasteiger partial charge in [-0.25, -0.2) is 4.98 Å². The van der Waals surface area contributed by atoms with E-state index in [1.54, 1.807) is 0 Å². The summed E-state index contributed by atoms with van der Waals surface area (Å²) in [5, 5.41) is 0. The summed E-state index contributed by atoms with van der Waals surface area (Å²) >= 11 is 0. The first-order chi connectivity index (χ1) is 24.3. The first kappa shape index (κ1) is 43.6. The number of aromatic nitrogens is 2. The molecule has 2 aromatic rings. The molecule has 0 bridgehead atoms. The Kier molecular flexibility index (Phi) is 29.9. The van der Waals surface area contributed by atoms with Crippen LogP contribution in [0.5, 0.6) is 0 Å². The van der Waals surface area contributed by atoms with Gasteiger partial charge in [0.2, 0.25) is 0 Å². The van der Waals surface area contributed by atoms with Gasteiger partial charge in [-0.1, -0.05) is 230 Å². The van der Waals surface area contributed by atoms with Crippen molar-refractivity contribution in [3.8, 4) is 0 Å². The van der Waals surface area contributed by atoms with E-state index in [4.69, 9.17) is 4.98 Å². The number of hydrogen-bond acceptors (Lipinski definition) is 1. The Hall–Kier alpha value is -1.57. The number of hydrogen-bond donors (Lipinski definition) is 0. The molecule has 0 atom stereocenters. The third-order valence-electron chi connectivity index (χ3n) is 10.9. The molecule has 0 unspecified atom stereocenters. The summed E-state index contributed by atoms with van der Waals surface area (Å²) in [6.45, 7) is 5.78. The van der Waals surface area contributed by atoms with Crippen molar-refractivity contribution in [1.29, 1.82) is 0 Å². The second kappa shape index (κ2) is 33.6. The summed E-state index contributed by atoms with van der Waals surface area (Å²) in [4.78, 5) is 5.20. The lowest BCUT2D eigenvalue weighted by Gasteiger charge is -2.08. The molecule has 0 aliphatic carbocycles. The molecule has 0 aliphatic rings. The molecule has 0 aliphatic heterocycles. The van der Waals surface area contributed by atoms with Gasteiger partial charge >= 0.3 is 0 Å². The maximum atomic E-state index is 5.20. The average molecular weight is 677 g/mol. The van der Waals surface area contributed by atoms with Crippen LogP contribution in [0.2, 0.25) is 0 Å². The van der Waals surface area contributed by atoms with E-state index in [9.17, 15) is 0 Å². The highest BCUT2D eigenvalue weighted by molar-refractivity contribution is 5.15. The molecule has 1 aromatic heterocycles. The molecule has 1 aromatic carbocycles. The first-order valence-corrected chi connectivity index (χ1v) is 22.4. The third-order valence-corrected chi connectivity index (χ3v) is 10.9. The molecular weight excluding hydrogens is 593 g/mol. The highest BCUT2D eigenvalue weighted by atomic mass is 15.1. The van der Waals surface area contributed by atoms with Gasteiger partial charge in [-0.15, -0.1) is 0 Å². The van der Waals surface area contributed by atoms with Crippen LogP contribution in [0.15, 0.2) is 36.5 Å².